The smallest absolute Gasteiger partial charge is 0.271 e. The van der Waals surface area contributed by atoms with Gasteiger partial charge in [-0.1, -0.05) is 6.08 Å². The molecule has 72 valence electrons. The zero-order valence-corrected chi connectivity index (χ0v) is 7.79. The number of hydrogen-bond acceptors (Lipinski definition) is 2. The molecule has 3 heteroatoms. The Morgan fingerprint density at radius 2 is 2.31 bits per heavy atom. The minimum atomic E-state index is 0.0946. The number of hydrogen-bond donors (Lipinski definition) is 0. The van der Waals surface area contributed by atoms with Crippen LogP contribution in [-0.2, 0) is 9.63 Å². The lowest BCUT2D eigenvalue weighted by Crippen LogP contribution is -2.36. The summed E-state index contributed by atoms with van der Waals surface area (Å²) in [5.41, 5.74) is 0.946. The molecule has 0 spiro atoms. The highest BCUT2D eigenvalue weighted by Crippen LogP contribution is 2.21. The Hall–Kier alpha value is -0.830. The van der Waals surface area contributed by atoms with Gasteiger partial charge in [0.2, 0.25) is 0 Å². The van der Waals surface area contributed by atoms with Crippen LogP contribution in [-0.4, -0.2) is 24.1 Å². The van der Waals surface area contributed by atoms with Crippen LogP contribution in [0.4, 0.5) is 0 Å². The predicted molar refractivity (Wildman–Crippen MR) is 48.8 cm³/mol. The van der Waals surface area contributed by atoms with Crippen molar-refractivity contribution in [3.05, 3.63) is 11.6 Å². The van der Waals surface area contributed by atoms with Crippen molar-refractivity contribution in [1.29, 1.82) is 0 Å². The molecule has 0 bridgehead atoms. The van der Waals surface area contributed by atoms with Gasteiger partial charge in [-0.05, 0) is 32.1 Å². The molecule has 1 saturated heterocycles. The molecule has 1 aliphatic heterocycles. The van der Waals surface area contributed by atoms with Gasteiger partial charge in [-0.3, -0.25) is 9.63 Å². The van der Waals surface area contributed by atoms with Crippen molar-refractivity contribution < 1.29 is 9.63 Å². The summed E-state index contributed by atoms with van der Waals surface area (Å²) in [6.07, 6.45) is 7.28. The maximum Gasteiger partial charge on any atom is 0.273 e. The molecule has 2 aliphatic rings. The first-order valence-corrected chi connectivity index (χ1v) is 5.02. The summed E-state index contributed by atoms with van der Waals surface area (Å²) >= 11 is 0. The van der Waals surface area contributed by atoms with Gasteiger partial charge >= 0.3 is 0 Å². The fourth-order valence-corrected chi connectivity index (χ4v) is 1.78. The van der Waals surface area contributed by atoms with Crippen LogP contribution in [0.2, 0.25) is 0 Å². The van der Waals surface area contributed by atoms with E-state index in [1.54, 1.807) is 0 Å². The van der Waals surface area contributed by atoms with E-state index >= 15 is 0 Å². The molecule has 0 unspecified atom stereocenters. The van der Waals surface area contributed by atoms with Crippen LogP contribution in [0.1, 0.15) is 32.1 Å². The van der Waals surface area contributed by atoms with Gasteiger partial charge in [-0.2, -0.15) is 0 Å². The van der Waals surface area contributed by atoms with Gasteiger partial charge < -0.3 is 0 Å². The van der Waals surface area contributed by atoms with E-state index in [2.05, 4.69) is 0 Å². The van der Waals surface area contributed by atoms with Gasteiger partial charge in [0.05, 0.1) is 6.61 Å². The molecule has 0 atom stereocenters. The molecule has 3 nitrogen and oxygen atoms in total. The van der Waals surface area contributed by atoms with E-state index in [1.165, 1.54) is 5.06 Å². The molecule has 13 heavy (non-hydrogen) atoms. The van der Waals surface area contributed by atoms with Crippen LogP contribution >= 0.6 is 0 Å². The van der Waals surface area contributed by atoms with Gasteiger partial charge in [0.15, 0.2) is 0 Å². The molecule has 0 radical (unpaired) electrons. The lowest BCUT2D eigenvalue weighted by atomic mass is 10.2. The highest BCUT2D eigenvalue weighted by Gasteiger charge is 2.22. The van der Waals surface area contributed by atoms with E-state index in [4.69, 9.17) is 4.84 Å². The van der Waals surface area contributed by atoms with E-state index in [-0.39, 0.29) is 5.91 Å². The summed E-state index contributed by atoms with van der Waals surface area (Å²) in [4.78, 5) is 17.0. The van der Waals surface area contributed by atoms with Crippen molar-refractivity contribution in [3.63, 3.8) is 0 Å². The quantitative estimate of drug-likeness (QED) is 0.615. The molecular weight excluding hydrogens is 166 g/mol. The first kappa shape index (κ1) is 8.75. The van der Waals surface area contributed by atoms with Crippen LogP contribution in [0.25, 0.3) is 0 Å². The minimum Gasteiger partial charge on any atom is -0.271 e. The molecule has 0 saturated carbocycles. The maximum absolute atomic E-state index is 11.7. The van der Waals surface area contributed by atoms with E-state index < -0.39 is 0 Å². The molecule has 1 heterocycles. The summed E-state index contributed by atoms with van der Waals surface area (Å²) in [7, 11) is 0. The van der Waals surface area contributed by atoms with E-state index in [1.807, 2.05) is 6.08 Å². The summed E-state index contributed by atoms with van der Waals surface area (Å²) < 4.78 is 0. The highest BCUT2D eigenvalue weighted by atomic mass is 16.7. The largest absolute Gasteiger partial charge is 0.273 e. The summed E-state index contributed by atoms with van der Waals surface area (Å²) in [5.74, 6) is 0.0946. The SMILES string of the molecule is O=C(C1=CCCC1)N1CCCCO1. The van der Waals surface area contributed by atoms with Crippen LogP contribution < -0.4 is 0 Å². The van der Waals surface area contributed by atoms with Crippen molar-refractivity contribution in [2.45, 2.75) is 32.1 Å². The maximum atomic E-state index is 11.7. The van der Waals surface area contributed by atoms with E-state index in [0.717, 1.165) is 44.2 Å². The number of carbonyl (C=O) groups is 1. The Labute approximate surface area is 78.3 Å². The van der Waals surface area contributed by atoms with Gasteiger partial charge in [-0.15, -0.1) is 0 Å². The summed E-state index contributed by atoms with van der Waals surface area (Å²) in [6, 6.07) is 0. The van der Waals surface area contributed by atoms with Gasteiger partial charge in [-0.25, -0.2) is 5.06 Å². The van der Waals surface area contributed by atoms with E-state index in [9.17, 15) is 4.79 Å². The highest BCUT2D eigenvalue weighted by molar-refractivity contribution is 5.93. The molecule has 0 aromatic heterocycles. The Morgan fingerprint density at radius 3 is 2.92 bits per heavy atom. The third kappa shape index (κ3) is 1.91. The van der Waals surface area contributed by atoms with Crippen molar-refractivity contribution in [3.8, 4) is 0 Å². The Morgan fingerprint density at radius 1 is 1.38 bits per heavy atom. The average Bonchev–Trinajstić information content (AvgIpc) is 2.71. The number of amides is 1. The number of allylic oxidation sites excluding steroid dienone is 1. The van der Waals surface area contributed by atoms with Crippen molar-refractivity contribution in [2.24, 2.45) is 0 Å². The van der Waals surface area contributed by atoms with Crippen LogP contribution in [0.5, 0.6) is 0 Å². The normalized spacial score (nSPS) is 23.1. The van der Waals surface area contributed by atoms with Crippen molar-refractivity contribution >= 4 is 5.91 Å². The second-order valence-corrected chi connectivity index (χ2v) is 3.57. The first-order chi connectivity index (χ1) is 6.38. The summed E-state index contributed by atoms with van der Waals surface area (Å²) in [5, 5.41) is 1.53. The molecule has 2 rings (SSSR count). The average molecular weight is 181 g/mol. The minimum absolute atomic E-state index is 0.0946. The zero-order valence-electron chi connectivity index (χ0n) is 7.79. The lowest BCUT2D eigenvalue weighted by Gasteiger charge is -2.26. The van der Waals surface area contributed by atoms with Crippen molar-refractivity contribution in [2.75, 3.05) is 13.2 Å². The summed E-state index contributed by atoms with van der Waals surface area (Å²) in [6.45, 7) is 1.45. The first-order valence-electron chi connectivity index (χ1n) is 5.02. The van der Waals surface area contributed by atoms with Crippen molar-refractivity contribution in [1.82, 2.24) is 5.06 Å². The molecule has 1 aliphatic carbocycles. The van der Waals surface area contributed by atoms with Gasteiger partial charge in [0.25, 0.3) is 5.91 Å². The molecule has 0 aromatic rings. The third-order valence-corrected chi connectivity index (χ3v) is 2.54. The monoisotopic (exact) mass is 181 g/mol. The molecule has 0 N–H and O–H groups in total. The third-order valence-electron chi connectivity index (χ3n) is 2.54. The molecule has 1 fully saturated rings. The number of hydroxylamine groups is 2. The number of nitrogens with zero attached hydrogens (tertiary/aromatic N) is 1. The topological polar surface area (TPSA) is 29.5 Å². The number of rotatable bonds is 1. The zero-order chi connectivity index (χ0) is 9.10. The number of carbonyl (C=O) groups excluding carboxylic acids is 1. The molecule has 0 aromatic carbocycles. The standard InChI is InChI=1S/C10H15NO2/c12-10(9-5-1-2-6-9)11-7-3-4-8-13-11/h5H,1-4,6-8H2. The van der Waals surface area contributed by atoms with Crippen LogP contribution in [0, 0.1) is 0 Å². The Kier molecular flexibility index (Phi) is 2.64. The van der Waals surface area contributed by atoms with Gasteiger partial charge in [0.1, 0.15) is 0 Å². The Balaban J connectivity index is 1.94. The fourth-order valence-electron chi connectivity index (χ4n) is 1.78. The second kappa shape index (κ2) is 3.92. The van der Waals surface area contributed by atoms with E-state index in [0.29, 0.717) is 6.61 Å². The fraction of sp³-hybridized carbons (Fsp3) is 0.700. The second-order valence-electron chi connectivity index (χ2n) is 3.57. The Bertz CT molecular complexity index is 229. The van der Waals surface area contributed by atoms with Gasteiger partial charge in [0, 0.05) is 12.1 Å². The predicted octanol–water partition coefficient (Wildman–Crippen LogP) is 1.65. The molecular formula is C10H15NO2. The lowest BCUT2D eigenvalue weighted by molar-refractivity contribution is -0.192. The van der Waals surface area contributed by atoms with Crippen LogP contribution in [0.3, 0.4) is 0 Å². The molecule has 1 amide bonds. The van der Waals surface area contributed by atoms with Crippen LogP contribution in [0.15, 0.2) is 11.6 Å².